The third-order valence-corrected chi connectivity index (χ3v) is 17.7. The number of amides is 4. The average Bonchev–Trinajstić information content (AvgIpc) is 1.67. The van der Waals surface area contributed by atoms with Crippen LogP contribution in [0.5, 0.6) is 11.5 Å². The Kier molecular flexibility index (Phi) is 29.8. The molecule has 0 saturated heterocycles. The van der Waals surface area contributed by atoms with Crippen LogP contribution < -0.4 is 29.9 Å². The van der Waals surface area contributed by atoms with Crippen LogP contribution in [0.25, 0.3) is 0 Å². The van der Waals surface area contributed by atoms with Gasteiger partial charge in [0.15, 0.2) is 45.5 Å². The number of anilines is 3. The van der Waals surface area contributed by atoms with Crippen LogP contribution in [-0.2, 0) is 59.1 Å². The standard InChI is InChI=1S/C18H15ClFNO3.C15H22ClNO2.C14H13NO7S.C11H11Cl2NO2.C5H12NO4P/c1-3-10(2)24-16-9-15(14(20)8-13(16)19)21-17(22)11-6-4-5-7-12(11)18(21)23;1-5-13-8-6-7-11(2)15(13)17(14(18)9-16)12(3)10-19-4;1-23(21,22)8-5-6-9(10(7-8)15(19)20)14(18)13-11(16)3-2-4-12(13)17;1-7-6-16-9-5-3-2-4-8(9)14(7)11(15)10(12)13;1-11(9,10)3-2-4(6)5(7)8/h1,8-10H,4-7H2,2H3;6-8,12H,5,9-10H2,1-4H3;5-7,13H,2-4H2,1H3;2-5,7,10H,6H2,1H3;4H,2-3,6H2,1H3,(H,7,8)(H,9,10). The molecule has 1 fully saturated rings. The van der Waals surface area contributed by atoms with Crippen molar-refractivity contribution in [2.45, 2.75) is 126 Å². The first-order valence-corrected chi connectivity index (χ1v) is 34.9. The van der Waals surface area contributed by atoms with Gasteiger partial charge in [-0.2, -0.15) is 0 Å². The Bertz CT molecular complexity index is 3690. The second-order valence-electron chi connectivity index (χ2n) is 21.8. The predicted octanol–water partition coefficient (Wildman–Crippen LogP) is 10.2. The lowest BCUT2D eigenvalue weighted by Crippen LogP contribution is -2.47. The number of ketones is 3. The number of carbonyl (C=O) groups is 8. The van der Waals surface area contributed by atoms with Gasteiger partial charge in [-0.25, -0.2) is 17.7 Å². The van der Waals surface area contributed by atoms with Gasteiger partial charge in [0.2, 0.25) is 5.91 Å². The number of Topliss-reactive ketones (excluding diaryl/α,β-unsaturated/α-hetero) is 3. The number of carboxylic acid groups (broad SMARTS) is 1. The lowest BCUT2D eigenvalue weighted by molar-refractivity contribution is -0.385. The van der Waals surface area contributed by atoms with E-state index in [9.17, 15) is 65.8 Å². The summed E-state index contributed by atoms with van der Waals surface area (Å²) in [5, 5.41) is 19.4. The maximum Gasteiger partial charge on any atom is 0.320 e. The van der Waals surface area contributed by atoms with Gasteiger partial charge in [-0.3, -0.25) is 53.0 Å². The number of aliphatic carboxylic acids is 1. The highest BCUT2D eigenvalue weighted by Gasteiger charge is 2.42. The molecule has 5 atom stereocenters. The maximum atomic E-state index is 14.4. The number of terminal acetylenes is 1. The van der Waals surface area contributed by atoms with E-state index in [0.29, 0.717) is 49.4 Å². The molecular formula is C63H73Cl4FN5O18PS. The largest absolute Gasteiger partial charge is 0.489 e. The second kappa shape index (κ2) is 35.4. The van der Waals surface area contributed by atoms with Gasteiger partial charge in [-0.15, -0.1) is 18.0 Å². The summed E-state index contributed by atoms with van der Waals surface area (Å²) in [5.41, 5.74) is 8.66. The molecule has 2 aliphatic carbocycles. The number of carboxylic acids is 1. The second-order valence-corrected chi connectivity index (χ2v) is 28.2. The van der Waals surface area contributed by atoms with Crippen LogP contribution in [0.4, 0.5) is 27.1 Å². The topological polar surface area (TPSA) is 335 Å². The molecule has 4 aromatic carbocycles. The zero-order valence-corrected chi connectivity index (χ0v) is 56.9. The van der Waals surface area contributed by atoms with Crippen LogP contribution in [0.1, 0.15) is 101 Å². The molecule has 2 heterocycles. The minimum absolute atomic E-state index is 0.0223. The van der Waals surface area contributed by atoms with Crippen LogP contribution >= 0.6 is 53.8 Å². The number of nitrogens with zero attached hydrogens (tertiary/aromatic N) is 4. The molecule has 0 aromatic heterocycles. The Labute approximate surface area is 558 Å². The molecule has 0 spiro atoms. The summed E-state index contributed by atoms with van der Waals surface area (Å²) in [6.07, 6.45) is 9.72. The fraction of sp³-hybridized carbons (Fsp3) is 0.429. The van der Waals surface area contributed by atoms with Gasteiger partial charge < -0.3 is 39.7 Å². The fourth-order valence-corrected chi connectivity index (χ4v) is 11.9. The number of nitro benzene ring substituents is 1. The number of methoxy groups -OCH3 is 1. The van der Waals surface area contributed by atoms with Gasteiger partial charge >= 0.3 is 5.97 Å². The Morgan fingerprint density at radius 3 is 2.08 bits per heavy atom. The van der Waals surface area contributed by atoms with Gasteiger partial charge in [0, 0.05) is 62.3 Å². The third-order valence-electron chi connectivity index (χ3n) is 14.6. The molecule has 504 valence electrons. The Balaban J connectivity index is 0.000000253. The van der Waals surface area contributed by atoms with E-state index in [1.54, 1.807) is 23.8 Å². The highest BCUT2D eigenvalue weighted by molar-refractivity contribution is 7.90. The number of nitrogens with two attached hydrogens (primary N) is 1. The summed E-state index contributed by atoms with van der Waals surface area (Å²) in [7, 11) is -5.16. The minimum atomic E-state index is -3.70. The van der Waals surface area contributed by atoms with E-state index in [1.165, 1.54) is 12.7 Å². The number of ether oxygens (including phenoxy) is 3. The molecule has 0 bridgehead atoms. The molecule has 2 aliphatic heterocycles. The SMILES string of the molecule is C#CC(C)Oc1cc(N2C(=O)C3=C(CCCC3)C2=O)c(F)cc1Cl.CC1COc2ccccc2N1C(=O)C(Cl)Cl.CCc1cccc(C)c1N(C(=O)CCl)C(C)COC.CP(=O)(O)CCC(N)C(=O)O.CS(=O)(=O)c1ccc(C(=O)C2C(=O)CCCC2=O)c([N+](=O)[O-])c1. The Hall–Kier alpha value is -7.11. The van der Waals surface area contributed by atoms with Gasteiger partial charge in [0.05, 0.1) is 56.2 Å². The summed E-state index contributed by atoms with van der Waals surface area (Å²) in [6.45, 7) is 11.7. The highest BCUT2D eigenvalue weighted by atomic mass is 35.5. The van der Waals surface area contributed by atoms with E-state index < -0.39 is 97.2 Å². The molecule has 5 unspecified atom stereocenters. The number of halogens is 5. The van der Waals surface area contributed by atoms with Crippen molar-refractivity contribution in [3.63, 3.8) is 0 Å². The smallest absolute Gasteiger partial charge is 0.320 e. The molecule has 0 radical (unpaired) electrons. The van der Waals surface area contributed by atoms with Crippen LogP contribution in [0.2, 0.25) is 5.02 Å². The van der Waals surface area contributed by atoms with E-state index in [-0.39, 0.29) is 76.6 Å². The van der Waals surface area contributed by atoms with Crippen molar-refractivity contribution in [1.29, 1.82) is 0 Å². The first-order chi connectivity index (χ1) is 43.6. The number of benzene rings is 4. The highest BCUT2D eigenvalue weighted by Crippen LogP contribution is 2.41. The number of carbonyl (C=O) groups excluding carboxylic acids is 7. The molecule has 4 N–H and O–H groups in total. The molecule has 1 saturated carbocycles. The maximum absolute atomic E-state index is 14.4. The van der Waals surface area contributed by atoms with Crippen molar-refractivity contribution in [2.24, 2.45) is 11.7 Å². The quantitative estimate of drug-likeness (QED) is 0.0122. The number of rotatable bonds is 18. The minimum Gasteiger partial charge on any atom is -0.489 e. The molecule has 93 heavy (non-hydrogen) atoms. The van der Waals surface area contributed by atoms with E-state index >= 15 is 0 Å². The predicted molar refractivity (Wildman–Crippen MR) is 352 cm³/mol. The number of sulfone groups is 1. The first-order valence-electron chi connectivity index (χ1n) is 28.9. The molecule has 8 rings (SSSR count). The van der Waals surface area contributed by atoms with Crippen molar-refractivity contribution in [3.8, 4) is 23.8 Å². The summed E-state index contributed by atoms with van der Waals surface area (Å²) in [6, 6.07) is 17.3. The lowest BCUT2D eigenvalue weighted by Gasteiger charge is -2.35. The van der Waals surface area contributed by atoms with Crippen LogP contribution in [0.15, 0.2) is 88.8 Å². The number of fused-ring (bicyclic) bond motifs is 1. The molecular weight excluding hydrogens is 1340 g/mol. The summed E-state index contributed by atoms with van der Waals surface area (Å²) in [4.78, 5) is 117. The number of hydrogen-bond acceptors (Lipinski definition) is 17. The zero-order chi connectivity index (χ0) is 70.0. The van der Waals surface area contributed by atoms with E-state index in [2.05, 4.69) is 18.9 Å². The first kappa shape index (κ1) is 78.3. The van der Waals surface area contributed by atoms with Crippen molar-refractivity contribution in [2.75, 3.05) is 60.0 Å². The van der Waals surface area contributed by atoms with Crippen molar-refractivity contribution >= 4 is 133 Å². The Morgan fingerprint density at radius 2 is 1.56 bits per heavy atom. The number of hydrogen-bond donors (Lipinski definition) is 3. The van der Waals surface area contributed by atoms with Crippen molar-refractivity contribution < 1.29 is 84.9 Å². The monoisotopic (exact) mass is 1410 g/mol. The number of aryl methyl sites for hydroxylation is 2. The Morgan fingerprint density at radius 1 is 0.957 bits per heavy atom. The van der Waals surface area contributed by atoms with Gasteiger partial charge in [-0.05, 0) is 114 Å². The molecule has 4 aromatic rings. The molecule has 23 nitrogen and oxygen atoms in total. The van der Waals surface area contributed by atoms with Crippen molar-refractivity contribution in [1.82, 2.24) is 0 Å². The number of para-hydroxylation sites is 3. The average molecular weight is 1410 g/mol. The number of alkyl halides is 3. The number of imide groups is 1. The zero-order valence-electron chi connectivity index (χ0n) is 52.2. The molecule has 4 aliphatic rings. The van der Waals surface area contributed by atoms with Crippen molar-refractivity contribution in [3.05, 3.63) is 122 Å². The normalized spacial score (nSPS) is 16.9. The summed E-state index contributed by atoms with van der Waals surface area (Å²) in [5.74, 6) is -3.69. The molecule has 30 heteroatoms. The summed E-state index contributed by atoms with van der Waals surface area (Å²) < 4.78 is 64.1. The van der Waals surface area contributed by atoms with E-state index in [4.69, 9.17) is 82.8 Å². The summed E-state index contributed by atoms with van der Waals surface area (Å²) >= 11 is 23.0. The van der Waals surface area contributed by atoms with Gasteiger partial charge in [-0.1, -0.05) is 78.0 Å². The van der Waals surface area contributed by atoms with Gasteiger partial charge in [0.1, 0.15) is 41.8 Å². The van der Waals surface area contributed by atoms with Crippen LogP contribution in [0, 0.1) is 41.1 Å². The van der Waals surface area contributed by atoms with Crippen LogP contribution in [-0.4, -0.2) is 145 Å². The third kappa shape index (κ3) is 21.2. The fourth-order valence-electron chi connectivity index (χ4n) is 9.98. The lowest BCUT2D eigenvalue weighted by atomic mass is 9.81. The van der Waals surface area contributed by atoms with Crippen LogP contribution in [0.3, 0.4) is 0 Å². The van der Waals surface area contributed by atoms with E-state index in [1.807, 2.05) is 57.2 Å². The van der Waals surface area contributed by atoms with E-state index in [0.717, 1.165) is 77.2 Å². The number of nitro groups is 1. The van der Waals surface area contributed by atoms with Gasteiger partial charge in [0.25, 0.3) is 23.4 Å². The molecule has 4 amide bonds.